The number of hydrogen-bond acceptors (Lipinski definition) is 3. The molecule has 2 fully saturated rings. The van der Waals surface area contributed by atoms with E-state index in [0.717, 1.165) is 36.2 Å². The van der Waals surface area contributed by atoms with Gasteiger partial charge in [-0.2, -0.15) is 5.26 Å². The highest BCUT2D eigenvalue weighted by atomic mass is 15.2. The quantitative estimate of drug-likeness (QED) is 0.913. The van der Waals surface area contributed by atoms with Gasteiger partial charge in [0.15, 0.2) is 0 Å². The van der Waals surface area contributed by atoms with Crippen LogP contribution >= 0.6 is 0 Å². The van der Waals surface area contributed by atoms with E-state index < -0.39 is 0 Å². The van der Waals surface area contributed by atoms with Gasteiger partial charge >= 0.3 is 0 Å². The first kappa shape index (κ1) is 13.5. The second-order valence-corrected chi connectivity index (χ2v) is 6.19. The van der Waals surface area contributed by atoms with Crippen LogP contribution < -0.4 is 10.2 Å². The van der Waals surface area contributed by atoms with Gasteiger partial charge in [0.05, 0.1) is 11.6 Å². The summed E-state index contributed by atoms with van der Waals surface area (Å²) in [5.74, 6) is 0.813. The zero-order chi connectivity index (χ0) is 13.9. The number of nitrogens with zero attached hydrogens (tertiary/aromatic N) is 2. The van der Waals surface area contributed by atoms with Gasteiger partial charge < -0.3 is 10.2 Å². The van der Waals surface area contributed by atoms with Crippen molar-refractivity contribution in [2.45, 2.75) is 38.6 Å². The molecule has 3 heteroatoms. The predicted octanol–water partition coefficient (Wildman–Crippen LogP) is 2.84. The lowest BCUT2D eigenvalue weighted by molar-refractivity contribution is 0.372. The summed E-state index contributed by atoms with van der Waals surface area (Å²) in [6.07, 6.45) is 5.23. The molecule has 0 unspecified atom stereocenters. The molecule has 0 amide bonds. The van der Waals surface area contributed by atoms with Crippen molar-refractivity contribution in [3.8, 4) is 6.07 Å². The number of nitrogens with one attached hydrogen (secondary N) is 1. The molecule has 1 saturated heterocycles. The second kappa shape index (κ2) is 5.85. The lowest BCUT2D eigenvalue weighted by Crippen LogP contribution is -2.37. The largest absolute Gasteiger partial charge is 0.368 e. The number of piperidine rings is 1. The van der Waals surface area contributed by atoms with Crippen LogP contribution in [0.3, 0.4) is 0 Å². The smallest absolute Gasteiger partial charge is 0.0994 e. The molecule has 1 aromatic rings. The van der Waals surface area contributed by atoms with Gasteiger partial charge in [-0.25, -0.2) is 0 Å². The summed E-state index contributed by atoms with van der Waals surface area (Å²) in [4.78, 5) is 2.59. The maximum atomic E-state index is 9.06. The molecule has 3 rings (SSSR count). The standard InChI is InChI=1S/C17H23N3/c1-13-10-17(3-2-15(13)11-18)20(16-4-5-16)12-14-6-8-19-9-7-14/h2-3,10,14,16,19H,4-9,12H2,1H3. The Balaban J connectivity index is 1.76. The minimum absolute atomic E-state index is 0.734. The Morgan fingerprint density at radius 2 is 2.00 bits per heavy atom. The third kappa shape index (κ3) is 2.96. The summed E-state index contributed by atoms with van der Waals surface area (Å²) in [6.45, 7) is 5.54. The fourth-order valence-electron chi connectivity index (χ4n) is 3.15. The average molecular weight is 269 g/mol. The molecule has 2 aliphatic rings. The van der Waals surface area contributed by atoms with Crippen LogP contribution in [0.15, 0.2) is 18.2 Å². The number of aryl methyl sites for hydroxylation is 1. The number of rotatable bonds is 4. The minimum atomic E-state index is 0.734. The van der Waals surface area contributed by atoms with Crippen LogP contribution in [-0.2, 0) is 0 Å². The molecule has 0 atom stereocenters. The normalized spacial score (nSPS) is 19.6. The van der Waals surface area contributed by atoms with Gasteiger partial charge in [0, 0.05) is 18.3 Å². The van der Waals surface area contributed by atoms with Crippen LogP contribution in [0.5, 0.6) is 0 Å². The van der Waals surface area contributed by atoms with Gasteiger partial charge in [0.25, 0.3) is 0 Å². The van der Waals surface area contributed by atoms with Crippen LogP contribution in [-0.4, -0.2) is 25.7 Å². The maximum absolute atomic E-state index is 9.06. The summed E-state index contributed by atoms with van der Waals surface area (Å²) in [6, 6.07) is 9.29. The predicted molar refractivity (Wildman–Crippen MR) is 81.9 cm³/mol. The van der Waals surface area contributed by atoms with Gasteiger partial charge in [0.1, 0.15) is 0 Å². The Kier molecular flexibility index (Phi) is 3.93. The first-order valence-corrected chi connectivity index (χ1v) is 7.76. The highest BCUT2D eigenvalue weighted by molar-refractivity contribution is 5.55. The van der Waals surface area contributed by atoms with E-state index in [2.05, 4.69) is 28.4 Å². The van der Waals surface area contributed by atoms with Crippen molar-refractivity contribution >= 4 is 5.69 Å². The molecule has 1 heterocycles. The third-order valence-corrected chi connectivity index (χ3v) is 4.56. The Morgan fingerprint density at radius 1 is 1.25 bits per heavy atom. The third-order valence-electron chi connectivity index (χ3n) is 4.56. The SMILES string of the molecule is Cc1cc(N(CC2CCNCC2)C2CC2)ccc1C#N. The minimum Gasteiger partial charge on any atom is -0.368 e. The topological polar surface area (TPSA) is 39.1 Å². The molecule has 106 valence electrons. The van der Waals surface area contributed by atoms with E-state index in [1.807, 2.05) is 13.0 Å². The number of anilines is 1. The lowest BCUT2D eigenvalue weighted by Gasteiger charge is -2.32. The molecule has 1 aliphatic carbocycles. The molecular weight excluding hydrogens is 246 g/mol. The van der Waals surface area contributed by atoms with Crippen molar-refractivity contribution < 1.29 is 0 Å². The highest BCUT2D eigenvalue weighted by Crippen LogP contribution is 2.34. The van der Waals surface area contributed by atoms with E-state index in [4.69, 9.17) is 5.26 Å². The zero-order valence-electron chi connectivity index (χ0n) is 12.2. The van der Waals surface area contributed by atoms with Crippen LogP contribution in [0.2, 0.25) is 0 Å². The summed E-state index contributed by atoms with van der Waals surface area (Å²) >= 11 is 0. The summed E-state index contributed by atoms with van der Waals surface area (Å²) < 4.78 is 0. The van der Waals surface area contributed by atoms with E-state index in [1.165, 1.54) is 37.9 Å². The van der Waals surface area contributed by atoms with Crippen LogP contribution in [0.25, 0.3) is 0 Å². The molecule has 3 nitrogen and oxygen atoms in total. The summed E-state index contributed by atoms with van der Waals surface area (Å²) in [7, 11) is 0. The summed E-state index contributed by atoms with van der Waals surface area (Å²) in [5, 5.41) is 12.5. The molecule has 0 aromatic heterocycles. The van der Waals surface area contributed by atoms with Crippen LogP contribution in [0, 0.1) is 24.2 Å². The van der Waals surface area contributed by atoms with Crippen molar-refractivity contribution in [1.29, 1.82) is 5.26 Å². The van der Waals surface area contributed by atoms with Crippen molar-refractivity contribution in [3.05, 3.63) is 29.3 Å². The number of hydrogen-bond donors (Lipinski definition) is 1. The molecule has 1 aromatic carbocycles. The molecule has 1 N–H and O–H groups in total. The maximum Gasteiger partial charge on any atom is 0.0994 e. The lowest BCUT2D eigenvalue weighted by atomic mass is 9.97. The monoisotopic (exact) mass is 269 g/mol. The first-order valence-electron chi connectivity index (χ1n) is 7.76. The van der Waals surface area contributed by atoms with E-state index in [9.17, 15) is 0 Å². The summed E-state index contributed by atoms with van der Waals surface area (Å²) in [5.41, 5.74) is 3.20. The van der Waals surface area contributed by atoms with E-state index >= 15 is 0 Å². The van der Waals surface area contributed by atoms with Gasteiger partial charge in [-0.1, -0.05) is 0 Å². The Labute approximate surface area is 121 Å². The van der Waals surface area contributed by atoms with Crippen molar-refractivity contribution in [3.63, 3.8) is 0 Å². The van der Waals surface area contributed by atoms with Gasteiger partial charge in [0.2, 0.25) is 0 Å². The number of nitriles is 1. The van der Waals surface area contributed by atoms with E-state index in [0.29, 0.717) is 0 Å². The highest BCUT2D eigenvalue weighted by Gasteiger charge is 2.31. The van der Waals surface area contributed by atoms with Crippen molar-refractivity contribution in [2.75, 3.05) is 24.5 Å². The van der Waals surface area contributed by atoms with Crippen LogP contribution in [0.4, 0.5) is 5.69 Å². The molecule has 20 heavy (non-hydrogen) atoms. The van der Waals surface area contributed by atoms with E-state index in [-0.39, 0.29) is 0 Å². The molecule has 1 aliphatic heterocycles. The first-order chi connectivity index (χ1) is 9.78. The number of benzene rings is 1. The molecule has 0 bridgehead atoms. The fraction of sp³-hybridized carbons (Fsp3) is 0.588. The van der Waals surface area contributed by atoms with Crippen LogP contribution in [0.1, 0.15) is 36.8 Å². The average Bonchev–Trinajstić information content (AvgIpc) is 3.30. The molecular formula is C17H23N3. The second-order valence-electron chi connectivity index (χ2n) is 6.19. The van der Waals surface area contributed by atoms with Gasteiger partial charge in [-0.05, 0) is 75.4 Å². The van der Waals surface area contributed by atoms with Gasteiger partial charge in [-0.15, -0.1) is 0 Å². The van der Waals surface area contributed by atoms with E-state index in [1.54, 1.807) is 0 Å². The van der Waals surface area contributed by atoms with Crippen molar-refractivity contribution in [2.24, 2.45) is 5.92 Å². The molecule has 0 radical (unpaired) electrons. The molecule has 1 saturated carbocycles. The zero-order valence-corrected chi connectivity index (χ0v) is 12.2. The fourth-order valence-corrected chi connectivity index (χ4v) is 3.15. The Morgan fingerprint density at radius 3 is 2.60 bits per heavy atom. The Hall–Kier alpha value is -1.53. The molecule has 0 spiro atoms. The van der Waals surface area contributed by atoms with Crippen molar-refractivity contribution in [1.82, 2.24) is 5.32 Å². The van der Waals surface area contributed by atoms with Gasteiger partial charge in [-0.3, -0.25) is 0 Å². The Bertz CT molecular complexity index is 507.